The Hall–Kier alpha value is -2.61. The highest BCUT2D eigenvalue weighted by atomic mass is 16.5. The van der Waals surface area contributed by atoms with Crippen molar-refractivity contribution >= 4 is 17.8 Å². The second-order valence-electron chi connectivity index (χ2n) is 8.11. The van der Waals surface area contributed by atoms with Crippen LogP contribution in [0.4, 0.5) is 0 Å². The molecular weight excluding hydrogens is 400 g/mol. The predicted molar refractivity (Wildman–Crippen MR) is 113 cm³/mol. The summed E-state index contributed by atoms with van der Waals surface area (Å²) in [4.78, 5) is 39.7. The Morgan fingerprint density at radius 1 is 1.06 bits per heavy atom. The Bertz CT molecular complexity index is 788. The number of hydrogen-bond acceptors (Lipinski definition) is 7. The number of likely N-dealkylation sites (tertiary alicyclic amines) is 1. The summed E-state index contributed by atoms with van der Waals surface area (Å²) in [6.45, 7) is 4.01. The van der Waals surface area contributed by atoms with Crippen molar-refractivity contribution in [1.82, 2.24) is 9.80 Å². The van der Waals surface area contributed by atoms with Gasteiger partial charge in [-0.05, 0) is 50.0 Å². The van der Waals surface area contributed by atoms with Crippen molar-refractivity contribution in [2.24, 2.45) is 5.92 Å². The van der Waals surface area contributed by atoms with Crippen LogP contribution in [0.25, 0.3) is 0 Å². The SMILES string of the molecule is COC(=O)CCCC(=O)N1CCOc2ccc(CN3CCC(C(=O)OC)CC3)cc2C1. The maximum Gasteiger partial charge on any atom is 0.308 e. The maximum absolute atomic E-state index is 12.6. The molecule has 170 valence electrons. The van der Waals surface area contributed by atoms with Crippen molar-refractivity contribution in [3.63, 3.8) is 0 Å². The van der Waals surface area contributed by atoms with Crippen LogP contribution in [0.5, 0.6) is 5.75 Å². The Kier molecular flexibility index (Phi) is 8.28. The number of carbonyl (C=O) groups is 3. The molecule has 0 bridgehead atoms. The van der Waals surface area contributed by atoms with Crippen LogP contribution in [0.3, 0.4) is 0 Å². The number of esters is 2. The number of methoxy groups -OCH3 is 2. The Morgan fingerprint density at radius 2 is 1.84 bits per heavy atom. The molecule has 0 spiro atoms. The fraction of sp³-hybridized carbons (Fsp3) is 0.609. The van der Waals surface area contributed by atoms with Gasteiger partial charge in [-0.15, -0.1) is 0 Å². The standard InChI is InChI=1S/C23H32N2O6/c1-29-22(27)5-3-4-21(26)25-12-13-31-20-7-6-17(14-19(20)16-25)15-24-10-8-18(9-11-24)23(28)30-2/h6-7,14,18H,3-5,8-13,15-16H2,1-2H3. The van der Waals surface area contributed by atoms with Crippen LogP contribution >= 0.6 is 0 Å². The van der Waals surface area contributed by atoms with E-state index in [0.717, 1.165) is 43.8 Å². The van der Waals surface area contributed by atoms with Crippen molar-refractivity contribution in [1.29, 1.82) is 0 Å². The first-order valence-electron chi connectivity index (χ1n) is 10.9. The summed E-state index contributed by atoms with van der Waals surface area (Å²) in [5.74, 6) is 0.435. The second-order valence-corrected chi connectivity index (χ2v) is 8.11. The summed E-state index contributed by atoms with van der Waals surface area (Å²) >= 11 is 0. The molecule has 31 heavy (non-hydrogen) atoms. The summed E-state index contributed by atoms with van der Waals surface area (Å²) in [6, 6.07) is 6.16. The molecule has 3 rings (SSSR count). The molecule has 8 heteroatoms. The van der Waals surface area contributed by atoms with Gasteiger partial charge in [-0.1, -0.05) is 6.07 Å². The zero-order valence-corrected chi connectivity index (χ0v) is 18.4. The minimum atomic E-state index is -0.294. The van der Waals surface area contributed by atoms with Crippen molar-refractivity contribution in [2.75, 3.05) is 40.5 Å². The lowest BCUT2D eigenvalue weighted by atomic mass is 9.96. The van der Waals surface area contributed by atoms with E-state index in [1.165, 1.54) is 19.8 Å². The molecule has 1 aromatic rings. The fourth-order valence-corrected chi connectivity index (χ4v) is 4.15. The Labute approximate surface area is 183 Å². The van der Waals surface area contributed by atoms with E-state index in [4.69, 9.17) is 9.47 Å². The molecule has 2 heterocycles. The number of nitrogens with zero attached hydrogens (tertiary/aromatic N) is 2. The number of ether oxygens (including phenoxy) is 3. The molecule has 1 saturated heterocycles. The van der Waals surface area contributed by atoms with Gasteiger partial charge in [-0.3, -0.25) is 19.3 Å². The van der Waals surface area contributed by atoms with Crippen LogP contribution in [0.15, 0.2) is 18.2 Å². The van der Waals surface area contributed by atoms with E-state index < -0.39 is 0 Å². The minimum absolute atomic E-state index is 0.000415. The van der Waals surface area contributed by atoms with E-state index in [0.29, 0.717) is 32.5 Å². The quantitative estimate of drug-likeness (QED) is 0.610. The van der Waals surface area contributed by atoms with Crippen LogP contribution in [0.2, 0.25) is 0 Å². The summed E-state index contributed by atoms with van der Waals surface area (Å²) < 4.78 is 15.3. The average Bonchev–Trinajstić information content (AvgIpc) is 3.01. The molecule has 0 unspecified atom stereocenters. The van der Waals surface area contributed by atoms with Gasteiger partial charge in [-0.2, -0.15) is 0 Å². The smallest absolute Gasteiger partial charge is 0.308 e. The van der Waals surface area contributed by atoms with Crippen LogP contribution in [-0.4, -0.2) is 68.1 Å². The van der Waals surface area contributed by atoms with Gasteiger partial charge in [0.05, 0.1) is 26.7 Å². The van der Waals surface area contributed by atoms with Crippen molar-refractivity contribution in [3.05, 3.63) is 29.3 Å². The normalized spacial score (nSPS) is 17.3. The first kappa shape index (κ1) is 23.1. The number of piperidine rings is 1. The van der Waals surface area contributed by atoms with Gasteiger partial charge >= 0.3 is 11.9 Å². The Balaban J connectivity index is 1.56. The molecule has 8 nitrogen and oxygen atoms in total. The lowest BCUT2D eigenvalue weighted by molar-refractivity contribution is -0.147. The van der Waals surface area contributed by atoms with Gasteiger partial charge in [0.2, 0.25) is 5.91 Å². The topological polar surface area (TPSA) is 85.4 Å². The van der Waals surface area contributed by atoms with E-state index in [9.17, 15) is 14.4 Å². The van der Waals surface area contributed by atoms with Gasteiger partial charge in [0.15, 0.2) is 0 Å². The first-order chi connectivity index (χ1) is 15.0. The third-order valence-electron chi connectivity index (χ3n) is 5.99. The largest absolute Gasteiger partial charge is 0.491 e. The highest BCUT2D eigenvalue weighted by Crippen LogP contribution is 2.27. The van der Waals surface area contributed by atoms with E-state index in [2.05, 4.69) is 21.8 Å². The second kappa shape index (κ2) is 11.1. The molecule has 0 atom stereocenters. The highest BCUT2D eigenvalue weighted by Gasteiger charge is 2.26. The number of benzene rings is 1. The molecular formula is C23H32N2O6. The molecule has 0 saturated carbocycles. The first-order valence-corrected chi connectivity index (χ1v) is 10.9. The van der Waals surface area contributed by atoms with Crippen LogP contribution < -0.4 is 4.74 Å². The molecule has 0 aliphatic carbocycles. The molecule has 2 aliphatic rings. The number of rotatable bonds is 7. The third-order valence-corrected chi connectivity index (χ3v) is 5.99. The van der Waals surface area contributed by atoms with E-state index in [1.807, 2.05) is 6.07 Å². The summed E-state index contributed by atoms with van der Waals surface area (Å²) in [5, 5.41) is 0. The van der Waals surface area contributed by atoms with Gasteiger partial charge in [0.25, 0.3) is 0 Å². The number of fused-ring (bicyclic) bond motifs is 1. The summed E-state index contributed by atoms with van der Waals surface area (Å²) in [7, 11) is 2.80. The van der Waals surface area contributed by atoms with Crippen LogP contribution in [-0.2, 0) is 36.9 Å². The summed E-state index contributed by atoms with van der Waals surface area (Å²) in [6.07, 6.45) is 2.68. The molecule has 2 aliphatic heterocycles. The maximum atomic E-state index is 12.6. The van der Waals surface area contributed by atoms with Gasteiger partial charge in [0, 0.05) is 31.5 Å². The average molecular weight is 433 g/mol. The van der Waals surface area contributed by atoms with E-state index >= 15 is 0 Å². The Morgan fingerprint density at radius 3 is 2.55 bits per heavy atom. The highest BCUT2D eigenvalue weighted by molar-refractivity contribution is 5.77. The van der Waals surface area contributed by atoms with E-state index in [-0.39, 0.29) is 30.2 Å². The number of amides is 1. The van der Waals surface area contributed by atoms with Crippen molar-refractivity contribution in [2.45, 2.75) is 45.2 Å². The minimum Gasteiger partial charge on any atom is -0.491 e. The zero-order chi connectivity index (χ0) is 22.2. The van der Waals surface area contributed by atoms with Crippen molar-refractivity contribution < 1.29 is 28.6 Å². The van der Waals surface area contributed by atoms with Crippen LogP contribution in [0.1, 0.15) is 43.2 Å². The molecule has 0 radical (unpaired) electrons. The van der Waals surface area contributed by atoms with Gasteiger partial charge in [0.1, 0.15) is 12.4 Å². The lowest BCUT2D eigenvalue weighted by Crippen LogP contribution is -2.36. The lowest BCUT2D eigenvalue weighted by Gasteiger charge is -2.30. The monoisotopic (exact) mass is 432 g/mol. The molecule has 1 fully saturated rings. The van der Waals surface area contributed by atoms with Gasteiger partial charge < -0.3 is 19.1 Å². The van der Waals surface area contributed by atoms with Crippen molar-refractivity contribution in [3.8, 4) is 5.75 Å². The van der Waals surface area contributed by atoms with Crippen LogP contribution in [0, 0.1) is 5.92 Å². The fourth-order valence-electron chi connectivity index (χ4n) is 4.15. The summed E-state index contributed by atoms with van der Waals surface area (Å²) in [5.41, 5.74) is 2.17. The molecule has 0 aromatic heterocycles. The molecule has 1 amide bonds. The predicted octanol–water partition coefficient (Wildman–Crippen LogP) is 2.14. The number of hydrogen-bond donors (Lipinski definition) is 0. The third kappa shape index (κ3) is 6.43. The van der Waals surface area contributed by atoms with E-state index in [1.54, 1.807) is 4.90 Å². The number of carbonyl (C=O) groups excluding carboxylic acids is 3. The zero-order valence-electron chi connectivity index (χ0n) is 18.4. The van der Waals surface area contributed by atoms with Gasteiger partial charge in [-0.25, -0.2) is 0 Å². The molecule has 1 aromatic carbocycles. The molecule has 0 N–H and O–H groups in total.